The molecule has 0 nitrogen and oxygen atoms in total. The quantitative estimate of drug-likeness (QED) is 0.491. The molecule has 2 rings (SSSR count). The SMILES string of the molecule is C[S+]1CCC[C@@H]2CCCC[C@H]21. The van der Waals surface area contributed by atoms with Crippen LogP contribution in [0.25, 0.3) is 0 Å². The van der Waals surface area contributed by atoms with Gasteiger partial charge in [-0.15, -0.1) is 0 Å². The molecule has 2 fully saturated rings. The highest BCUT2D eigenvalue weighted by molar-refractivity contribution is 7.96. The Balaban J connectivity index is 1.99. The molecular formula is C10H19S+. The van der Waals surface area contributed by atoms with Crippen LogP contribution in [0.15, 0.2) is 0 Å². The van der Waals surface area contributed by atoms with Crippen LogP contribution in [0.4, 0.5) is 0 Å². The third-order valence-corrected chi connectivity index (χ3v) is 5.98. The van der Waals surface area contributed by atoms with E-state index in [1.54, 1.807) is 25.0 Å². The molecule has 1 saturated heterocycles. The summed E-state index contributed by atoms with van der Waals surface area (Å²) in [5.41, 5.74) is 0. The lowest BCUT2D eigenvalue weighted by Crippen LogP contribution is -2.37. The van der Waals surface area contributed by atoms with E-state index in [2.05, 4.69) is 6.26 Å². The fourth-order valence-corrected chi connectivity index (χ4v) is 5.18. The van der Waals surface area contributed by atoms with E-state index in [0.29, 0.717) is 0 Å². The third kappa shape index (κ3) is 1.58. The molecule has 64 valence electrons. The summed E-state index contributed by atoms with van der Waals surface area (Å²) >= 11 is 0. The van der Waals surface area contributed by atoms with E-state index in [1.807, 2.05) is 0 Å². The predicted octanol–water partition coefficient (Wildman–Crippen LogP) is 2.59. The van der Waals surface area contributed by atoms with E-state index in [0.717, 1.165) is 22.1 Å². The van der Waals surface area contributed by atoms with Crippen molar-refractivity contribution in [2.75, 3.05) is 12.0 Å². The number of hydrogen-bond donors (Lipinski definition) is 0. The van der Waals surface area contributed by atoms with Crippen molar-refractivity contribution in [3.05, 3.63) is 0 Å². The van der Waals surface area contributed by atoms with Crippen LogP contribution in [0.3, 0.4) is 0 Å². The molecule has 0 bridgehead atoms. The van der Waals surface area contributed by atoms with Crippen LogP contribution < -0.4 is 0 Å². The lowest BCUT2D eigenvalue weighted by Gasteiger charge is -2.33. The van der Waals surface area contributed by atoms with Gasteiger partial charge in [-0.25, -0.2) is 0 Å². The highest BCUT2D eigenvalue weighted by Gasteiger charge is 2.38. The van der Waals surface area contributed by atoms with Gasteiger partial charge < -0.3 is 0 Å². The molecule has 11 heavy (non-hydrogen) atoms. The normalized spacial score (nSPS) is 45.0. The summed E-state index contributed by atoms with van der Waals surface area (Å²) in [5.74, 6) is 2.69. The molecule has 0 N–H and O–H groups in total. The molecule has 1 heteroatoms. The van der Waals surface area contributed by atoms with Crippen LogP contribution in [0.2, 0.25) is 0 Å². The van der Waals surface area contributed by atoms with Crippen molar-refractivity contribution in [2.45, 2.75) is 43.8 Å². The first-order valence-electron chi connectivity index (χ1n) is 4.99. The first kappa shape index (κ1) is 7.97. The zero-order chi connectivity index (χ0) is 7.68. The Labute approximate surface area is 73.1 Å². The number of rotatable bonds is 0. The van der Waals surface area contributed by atoms with Gasteiger partial charge in [0.1, 0.15) is 11.0 Å². The van der Waals surface area contributed by atoms with Gasteiger partial charge >= 0.3 is 0 Å². The van der Waals surface area contributed by atoms with E-state index >= 15 is 0 Å². The first-order valence-corrected chi connectivity index (χ1v) is 6.86. The Morgan fingerprint density at radius 2 is 1.73 bits per heavy atom. The maximum atomic E-state index is 2.50. The van der Waals surface area contributed by atoms with Crippen LogP contribution >= 0.6 is 0 Å². The summed E-state index contributed by atoms with van der Waals surface area (Å²) < 4.78 is 0. The summed E-state index contributed by atoms with van der Waals surface area (Å²) in [6.07, 6.45) is 11.8. The molecule has 1 heterocycles. The smallest absolute Gasteiger partial charge is 0.0527 e. The van der Waals surface area contributed by atoms with Crippen molar-refractivity contribution in [2.24, 2.45) is 5.92 Å². The van der Waals surface area contributed by atoms with Crippen LogP contribution in [0, 0.1) is 5.92 Å². The van der Waals surface area contributed by atoms with Crippen molar-refractivity contribution in [1.82, 2.24) is 0 Å². The molecule has 1 unspecified atom stereocenters. The third-order valence-electron chi connectivity index (χ3n) is 3.40. The van der Waals surface area contributed by atoms with E-state index in [9.17, 15) is 0 Å². The van der Waals surface area contributed by atoms with Gasteiger partial charge in [0, 0.05) is 5.92 Å². The molecule has 3 atom stereocenters. The van der Waals surface area contributed by atoms with Gasteiger partial charge in [0.2, 0.25) is 0 Å². The maximum Gasteiger partial charge on any atom is 0.120 e. The minimum absolute atomic E-state index is 0.793. The standard InChI is InChI=1S/C10H19S/c1-11-8-4-6-9-5-2-3-7-10(9)11/h9-10H,2-8H2,1H3/q+1/t9-,10+,11?/m0/s1. The Kier molecular flexibility index (Phi) is 2.45. The van der Waals surface area contributed by atoms with Gasteiger partial charge in [0.05, 0.1) is 6.26 Å². The highest BCUT2D eigenvalue weighted by atomic mass is 32.2. The van der Waals surface area contributed by atoms with Crippen LogP contribution in [0.1, 0.15) is 38.5 Å². The molecule has 0 aromatic heterocycles. The maximum absolute atomic E-state index is 2.50. The number of fused-ring (bicyclic) bond motifs is 1. The second-order valence-electron chi connectivity index (χ2n) is 4.12. The molecule has 1 aliphatic carbocycles. The Morgan fingerprint density at radius 1 is 1.00 bits per heavy atom. The molecule has 0 spiro atoms. The molecule has 1 saturated carbocycles. The molecule has 0 aromatic carbocycles. The van der Waals surface area contributed by atoms with Crippen molar-refractivity contribution in [1.29, 1.82) is 0 Å². The molecule has 0 amide bonds. The average molecular weight is 171 g/mol. The minimum atomic E-state index is 0.793. The van der Waals surface area contributed by atoms with E-state index in [1.165, 1.54) is 19.3 Å². The van der Waals surface area contributed by atoms with Gasteiger partial charge in [-0.3, -0.25) is 0 Å². The largest absolute Gasteiger partial charge is 0.120 e. The first-order chi connectivity index (χ1) is 5.38. The average Bonchev–Trinajstić information content (AvgIpc) is 2.06. The van der Waals surface area contributed by atoms with Gasteiger partial charge in [0.15, 0.2) is 0 Å². The summed E-state index contributed by atoms with van der Waals surface area (Å²) in [4.78, 5) is 0. The molecule has 2 aliphatic rings. The molecular weight excluding hydrogens is 152 g/mol. The van der Waals surface area contributed by atoms with Gasteiger partial charge in [-0.05, 0) is 43.0 Å². The summed E-state index contributed by atoms with van der Waals surface area (Å²) in [5, 5.41) is 1.15. The molecule has 0 radical (unpaired) electrons. The fraction of sp³-hybridized carbons (Fsp3) is 1.00. The van der Waals surface area contributed by atoms with E-state index in [4.69, 9.17) is 0 Å². The van der Waals surface area contributed by atoms with Gasteiger partial charge in [-0.1, -0.05) is 6.42 Å². The molecule has 1 aliphatic heterocycles. The van der Waals surface area contributed by atoms with Crippen LogP contribution in [-0.4, -0.2) is 17.3 Å². The second kappa shape index (κ2) is 3.38. The second-order valence-corrected chi connectivity index (χ2v) is 6.52. The van der Waals surface area contributed by atoms with Gasteiger partial charge in [-0.2, -0.15) is 0 Å². The molecule has 0 aromatic rings. The lowest BCUT2D eigenvalue weighted by atomic mass is 9.85. The van der Waals surface area contributed by atoms with Crippen LogP contribution in [0.5, 0.6) is 0 Å². The van der Waals surface area contributed by atoms with Crippen LogP contribution in [-0.2, 0) is 10.9 Å². The van der Waals surface area contributed by atoms with E-state index in [-0.39, 0.29) is 0 Å². The van der Waals surface area contributed by atoms with Gasteiger partial charge in [0.25, 0.3) is 0 Å². The fourth-order valence-electron chi connectivity index (χ4n) is 2.76. The minimum Gasteiger partial charge on any atom is -0.0527 e. The zero-order valence-electron chi connectivity index (χ0n) is 7.51. The lowest BCUT2D eigenvalue weighted by molar-refractivity contribution is 0.337. The van der Waals surface area contributed by atoms with Crippen molar-refractivity contribution < 1.29 is 0 Å². The van der Waals surface area contributed by atoms with E-state index < -0.39 is 0 Å². The topological polar surface area (TPSA) is 0 Å². The zero-order valence-corrected chi connectivity index (χ0v) is 8.33. The van der Waals surface area contributed by atoms with Crippen molar-refractivity contribution in [3.63, 3.8) is 0 Å². The highest BCUT2D eigenvalue weighted by Crippen LogP contribution is 2.36. The Morgan fingerprint density at radius 3 is 2.55 bits per heavy atom. The summed E-state index contributed by atoms with van der Waals surface area (Å²) in [7, 11) is 0.793. The predicted molar refractivity (Wildman–Crippen MR) is 53.1 cm³/mol. The Bertz CT molecular complexity index is 131. The van der Waals surface area contributed by atoms with Crippen molar-refractivity contribution >= 4 is 10.9 Å². The number of hydrogen-bond acceptors (Lipinski definition) is 0. The Hall–Kier alpha value is 0.350. The summed E-state index contributed by atoms with van der Waals surface area (Å²) in [6, 6.07) is 0. The monoisotopic (exact) mass is 171 g/mol. The van der Waals surface area contributed by atoms with Crippen molar-refractivity contribution in [3.8, 4) is 0 Å². The summed E-state index contributed by atoms with van der Waals surface area (Å²) in [6.45, 7) is 0.